The third-order valence-corrected chi connectivity index (χ3v) is 4.32. The minimum absolute atomic E-state index is 0.462. The molecule has 0 radical (unpaired) electrons. The smallest absolute Gasteiger partial charge is 0.417 e. The molecule has 0 saturated heterocycles. The molecule has 0 fully saturated rings. The van der Waals surface area contributed by atoms with E-state index in [0.717, 1.165) is 30.3 Å². The second-order valence-corrected chi connectivity index (χ2v) is 6.27. The van der Waals surface area contributed by atoms with Gasteiger partial charge >= 0.3 is 12.8 Å². The van der Waals surface area contributed by atoms with Gasteiger partial charge in [-0.2, -0.15) is 22.0 Å². The van der Waals surface area contributed by atoms with E-state index in [0.29, 0.717) is 12.1 Å². The number of halogens is 6. The Hall–Kier alpha value is -2.43. The lowest BCUT2D eigenvalue weighted by atomic mass is 10.2. The fourth-order valence-corrected chi connectivity index (χ4v) is 3.18. The average Bonchev–Trinajstić information content (AvgIpc) is 2.48. The van der Waals surface area contributed by atoms with Gasteiger partial charge in [0.2, 0.25) is 0 Å². The van der Waals surface area contributed by atoms with Gasteiger partial charge in [-0.3, -0.25) is 4.72 Å². The Morgan fingerprint density at radius 3 is 2.24 bits per heavy atom. The number of sulfonamides is 1. The molecular weight excluding hydrogens is 376 g/mol. The van der Waals surface area contributed by atoms with Gasteiger partial charge < -0.3 is 4.74 Å². The van der Waals surface area contributed by atoms with Crippen LogP contribution in [0.5, 0.6) is 5.75 Å². The van der Waals surface area contributed by atoms with Gasteiger partial charge in [-0.25, -0.2) is 12.8 Å². The van der Waals surface area contributed by atoms with Gasteiger partial charge in [0.05, 0.1) is 16.1 Å². The Morgan fingerprint density at radius 1 is 1.04 bits per heavy atom. The van der Waals surface area contributed by atoms with Crippen molar-refractivity contribution in [3.63, 3.8) is 0 Å². The van der Waals surface area contributed by atoms with Crippen LogP contribution in [-0.2, 0) is 16.2 Å². The highest BCUT2D eigenvalue weighted by Gasteiger charge is 2.36. The van der Waals surface area contributed by atoms with Crippen molar-refractivity contribution in [2.45, 2.75) is 17.7 Å². The fourth-order valence-electron chi connectivity index (χ4n) is 1.90. The van der Waals surface area contributed by atoms with Crippen LogP contribution in [0.15, 0.2) is 47.4 Å². The van der Waals surface area contributed by atoms with Gasteiger partial charge in [0.25, 0.3) is 10.0 Å². The average molecular weight is 385 g/mol. The van der Waals surface area contributed by atoms with Crippen molar-refractivity contribution in [1.82, 2.24) is 0 Å². The predicted octanol–water partition coefficient (Wildman–Crippen LogP) is 4.25. The van der Waals surface area contributed by atoms with Crippen LogP contribution in [0.3, 0.4) is 0 Å². The van der Waals surface area contributed by atoms with Crippen molar-refractivity contribution in [3.05, 3.63) is 53.8 Å². The molecule has 0 bridgehead atoms. The zero-order valence-corrected chi connectivity index (χ0v) is 12.8. The summed E-state index contributed by atoms with van der Waals surface area (Å²) in [6.45, 7) is -3.30. The number of hydrogen-bond donors (Lipinski definition) is 1. The summed E-state index contributed by atoms with van der Waals surface area (Å²) in [5, 5.41) is 0. The molecule has 0 spiro atoms. The van der Waals surface area contributed by atoms with Gasteiger partial charge in [0.1, 0.15) is 0 Å². The Bertz CT molecular complexity index is 867. The summed E-state index contributed by atoms with van der Waals surface area (Å²) in [5.74, 6) is -2.15. The zero-order valence-electron chi connectivity index (χ0n) is 12.0. The van der Waals surface area contributed by atoms with Crippen LogP contribution in [0.2, 0.25) is 0 Å². The summed E-state index contributed by atoms with van der Waals surface area (Å²) >= 11 is 0. The van der Waals surface area contributed by atoms with E-state index in [9.17, 15) is 34.8 Å². The van der Waals surface area contributed by atoms with Crippen molar-refractivity contribution in [2.24, 2.45) is 0 Å². The number of alkyl halides is 5. The first-order valence-electron chi connectivity index (χ1n) is 6.44. The molecule has 2 rings (SSSR count). The minimum atomic E-state index is -4.93. The van der Waals surface area contributed by atoms with Crippen LogP contribution in [0, 0.1) is 5.82 Å². The Labute approximate surface area is 138 Å². The molecule has 0 unspecified atom stereocenters. The van der Waals surface area contributed by atoms with E-state index >= 15 is 0 Å². The lowest BCUT2D eigenvalue weighted by molar-refractivity contribution is -0.139. The molecule has 2 aromatic carbocycles. The van der Waals surface area contributed by atoms with Crippen molar-refractivity contribution >= 4 is 15.7 Å². The van der Waals surface area contributed by atoms with Gasteiger partial charge in [0.15, 0.2) is 11.6 Å². The third kappa shape index (κ3) is 4.56. The molecule has 0 aromatic heterocycles. The van der Waals surface area contributed by atoms with Crippen molar-refractivity contribution in [2.75, 3.05) is 4.72 Å². The van der Waals surface area contributed by atoms with Crippen LogP contribution in [0.1, 0.15) is 5.56 Å². The van der Waals surface area contributed by atoms with Gasteiger partial charge in [-0.1, -0.05) is 12.1 Å². The number of benzene rings is 2. The molecule has 25 heavy (non-hydrogen) atoms. The first-order valence-corrected chi connectivity index (χ1v) is 7.92. The van der Waals surface area contributed by atoms with Gasteiger partial charge in [-0.15, -0.1) is 0 Å². The Morgan fingerprint density at radius 2 is 1.68 bits per heavy atom. The van der Waals surface area contributed by atoms with E-state index in [2.05, 4.69) is 4.74 Å². The maximum Gasteiger partial charge on any atom is 0.417 e. The number of ether oxygens (including phenoxy) is 1. The lowest BCUT2D eigenvalue weighted by Gasteiger charge is -2.14. The van der Waals surface area contributed by atoms with E-state index in [4.69, 9.17) is 0 Å². The van der Waals surface area contributed by atoms with E-state index < -0.39 is 50.5 Å². The molecule has 2 aromatic rings. The minimum Gasteiger partial charge on any atom is -0.432 e. The number of rotatable bonds is 5. The van der Waals surface area contributed by atoms with Crippen molar-refractivity contribution in [3.8, 4) is 5.75 Å². The molecule has 0 atom stereocenters. The van der Waals surface area contributed by atoms with E-state index in [1.54, 1.807) is 4.72 Å². The molecule has 0 heterocycles. The van der Waals surface area contributed by atoms with E-state index in [1.807, 2.05) is 0 Å². The fraction of sp³-hybridized carbons (Fsp3) is 0.143. The summed E-state index contributed by atoms with van der Waals surface area (Å²) < 4.78 is 106. The normalized spacial score (nSPS) is 12.3. The maximum absolute atomic E-state index is 13.6. The van der Waals surface area contributed by atoms with Gasteiger partial charge in [-0.05, 0) is 24.3 Å². The summed E-state index contributed by atoms with van der Waals surface area (Å²) in [7, 11) is -4.71. The molecule has 0 aliphatic carbocycles. The molecule has 0 amide bonds. The monoisotopic (exact) mass is 385 g/mol. The third-order valence-electron chi connectivity index (χ3n) is 2.88. The summed E-state index contributed by atoms with van der Waals surface area (Å²) in [5.41, 5.74) is -1.86. The van der Waals surface area contributed by atoms with Crippen molar-refractivity contribution in [1.29, 1.82) is 0 Å². The van der Waals surface area contributed by atoms with E-state index in [-0.39, 0.29) is 0 Å². The van der Waals surface area contributed by atoms with Crippen LogP contribution in [0.25, 0.3) is 0 Å². The largest absolute Gasteiger partial charge is 0.432 e. The first-order chi connectivity index (χ1) is 11.5. The Kier molecular flexibility index (Phi) is 5.16. The highest BCUT2D eigenvalue weighted by atomic mass is 32.2. The number of nitrogens with one attached hydrogen (secondary N) is 1. The molecular formula is C14H9F6NO3S. The molecule has 0 aliphatic rings. The molecule has 4 nitrogen and oxygen atoms in total. The Balaban J connectivity index is 2.36. The predicted molar refractivity (Wildman–Crippen MR) is 75.3 cm³/mol. The van der Waals surface area contributed by atoms with Crippen molar-refractivity contribution < 1.29 is 39.5 Å². The second-order valence-electron chi connectivity index (χ2n) is 4.62. The van der Waals surface area contributed by atoms with E-state index in [1.165, 1.54) is 0 Å². The molecule has 0 aliphatic heterocycles. The first kappa shape index (κ1) is 18.9. The van der Waals surface area contributed by atoms with Crippen LogP contribution in [-0.4, -0.2) is 15.0 Å². The zero-order chi connectivity index (χ0) is 18.8. The van der Waals surface area contributed by atoms with Crippen LogP contribution < -0.4 is 9.46 Å². The lowest BCUT2D eigenvalue weighted by Crippen LogP contribution is -2.19. The second kappa shape index (κ2) is 6.82. The number of hydrogen-bond acceptors (Lipinski definition) is 3. The standard InChI is InChI=1S/C14H9F6NO3S/c15-10-7-8(5-6-11(10)24-13(16)17)21-25(22,23)12-4-2-1-3-9(12)14(18,19)20/h1-7,13,21H. The SMILES string of the molecule is O=S(=O)(Nc1ccc(OC(F)F)c(F)c1)c1ccccc1C(F)(F)F. The van der Waals surface area contributed by atoms with Crippen LogP contribution in [0.4, 0.5) is 32.0 Å². The molecule has 0 saturated carbocycles. The number of anilines is 1. The highest BCUT2D eigenvalue weighted by Crippen LogP contribution is 2.34. The molecule has 1 N–H and O–H groups in total. The summed E-state index contributed by atoms with van der Waals surface area (Å²) in [6.07, 6.45) is -4.93. The topological polar surface area (TPSA) is 55.4 Å². The maximum atomic E-state index is 13.6. The van der Waals surface area contributed by atoms with Crippen LogP contribution >= 0.6 is 0 Å². The van der Waals surface area contributed by atoms with Gasteiger partial charge in [0, 0.05) is 6.07 Å². The molecule has 136 valence electrons. The molecule has 11 heteroatoms. The summed E-state index contributed by atoms with van der Waals surface area (Å²) in [6, 6.07) is 5.50. The summed E-state index contributed by atoms with van der Waals surface area (Å²) in [4.78, 5) is -1.06. The highest BCUT2D eigenvalue weighted by molar-refractivity contribution is 7.92. The quantitative estimate of drug-likeness (QED) is 0.783.